The molecular weight excluding hydrogens is 321 g/mol. The fraction of sp³-hybridized carbons (Fsp3) is 0.176. The molecule has 1 N–H and O–H groups in total. The fourth-order valence-corrected chi connectivity index (χ4v) is 4.16. The van der Waals surface area contributed by atoms with Crippen LogP contribution in [0.15, 0.2) is 47.8 Å². The zero-order valence-electron chi connectivity index (χ0n) is 11.6. The Kier molecular flexibility index (Phi) is 4.51. The van der Waals surface area contributed by atoms with Gasteiger partial charge in [-0.05, 0) is 41.1 Å². The van der Waals surface area contributed by atoms with E-state index in [2.05, 4.69) is 41.9 Å². The number of nitrogens with one attached hydrogen (secondary N) is 1. The van der Waals surface area contributed by atoms with Crippen LogP contribution in [-0.4, -0.2) is 6.54 Å². The number of halogens is 2. The van der Waals surface area contributed by atoms with E-state index in [4.69, 9.17) is 23.2 Å². The van der Waals surface area contributed by atoms with Crippen LogP contribution in [0.25, 0.3) is 10.1 Å². The lowest BCUT2D eigenvalue weighted by Crippen LogP contribution is -2.22. The quantitative estimate of drug-likeness (QED) is 0.625. The minimum atomic E-state index is -0.00134. The average molecular weight is 336 g/mol. The van der Waals surface area contributed by atoms with Crippen molar-refractivity contribution < 1.29 is 0 Å². The maximum absolute atomic E-state index is 6.41. The number of fused-ring (bicyclic) bond motifs is 1. The second-order valence-electron chi connectivity index (χ2n) is 4.81. The van der Waals surface area contributed by atoms with Crippen molar-refractivity contribution in [3.63, 3.8) is 0 Å². The van der Waals surface area contributed by atoms with Gasteiger partial charge in [-0.1, -0.05) is 54.4 Å². The molecule has 21 heavy (non-hydrogen) atoms. The van der Waals surface area contributed by atoms with Gasteiger partial charge in [-0.15, -0.1) is 11.3 Å². The van der Waals surface area contributed by atoms with E-state index in [1.165, 1.54) is 15.6 Å². The number of hydrogen-bond donors (Lipinski definition) is 1. The SMILES string of the molecule is CCNC(c1c(Cl)cccc1Cl)c1cccc2ccsc12. The average Bonchev–Trinajstić information content (AvgIpc) is 2.94. The largest absolute Gasteiger partial charge is 0.306 e. The van der Waals surface area contributed by atoms with Crippen LogP contribution in [0.2, 0.25) is 10.0 Å². The van der Waals surface area contributed by atoms with E-state index in [1.807, 2.05) is 18.2 Å². The summed E-state index contributed by atoms with van der Waals surface area (Å²) in [4.78, 5) is 0. The van der Waals surface area contributed by atoms with Gasteiger partial charge in [-0.25, -0.2) is 0 Å². The molecule has 0 radical (unpaired) electrons. The van der Waals surface area contributed by atoms with E-state index in [1.54, 1.807) is 11.3 Å². The van der Waals surface area contributed by atoms with Gasteiger partial charge in [0.05, 0.1) is 6.04 Å². The normalized spacial score (nSPS) is 12.7. The first-order valence-corrected chi connectivity index (χ1v) is 8.49. The highest BCUT2D eigenvalue weighted by molar-refractivity contribution is 7.17. The maximum Gasteiger partial charge on any atom is 0.0620 e. The van der Waals surface area contributed by atoms with E-state index >= 15 is 0 Å². The summed E-state index contributed by atoms with van der Waals surface area (Å²) < 4.78 is 1.28. The summed E-state index contributed by atoms with van der Waals surface area (Å²) >= 11 is 14.6. The predicted molar refractivity (Wildman–Crippen MR) is 93.8 cm³/mol. The molecule has 0 aliphatic heterocycles. The Balaban J connectivity index is 2.21. The van der Waals surface area contributed by atoms with Gasteiger partial charge < -0.3 is 5.32 Å². The van der Waals surface area contributed by atoms with Crippen LogP contribution < -0.4 is 5.32 Å². The standard InChI is InChI=1S/C17H15Cl2NS/c1-2-20-16(15-13(18)7-4-8-14(15)19)12-6-3-5-11-9-10-21-17(11)12/h3-10,16,20H,2H2,1H3. The minimum absolute atomic E-state index is 0.00134. The topological polar surface area (TPSA) is 12.0 Å². The molecule has 0 saturated carbocycles. The molecular formula is C17H15Cl2NS. The highest BCUT2D eigenvalue weighted by Gasteiger charge is 2.21. The lowest BCUT2D eigenvalue weighted by atomic mass is 9.97. The van der Waals surface area contributed by atoms with E-state index in [0.717, 1.165) is 12.1 Å². The second-order valence-corrected chi connectivity index (χ2v) is 6.54. The lowest BCUT2D eigenvalue weighted by Gasteiger charge is -2.22. The van der Waals surface area contributed by atoms with E-state index in [-0.39, 0.29) is 6.04 Å². The number of hydrogen-bond acceptors (Lipinski definition) is 2. The molecule has 1 unspecified atom stereocenters. The lowest BCUT2D eigenvalue weighted by molar-refractivity contribution is 0.635. The molecule has 0 aliphatic carbocycles. The van der Waals surface area contributed by atoms with Crippen LogP contribution in [0.1, 0.15) is 24.1 Å². The van der Waals surface area contributed by atoms with Crippen LogP contribution in [-0.2, 0) is 0 Å². The third-order valence-electron chi connectivity index (χ3n) is 3.52. The summed E-state index contributed by atoms with van der Waals surface area (Å²) in [7, 11) is 0. The third kappa shape index (κ3) is 2.82. The van der Waals surface area contributed by atoms with Gasteiger partial charge in [0.2, 0.25) is 0 Å². The third-order valence-corrected chi connectivity index (χ3v) is 5.16. The Hall–Kier alpha value is -1.06. The van der Waals surface area contributed by atoms with Gasteiger partial charge in [0.15, 0.2) is 0 Å². The molecule has 2 aromatic carbocycles. The Labute approximate surface area is 138 Å². The second kappa shape index (κ2) is 6.37. The molecule has 0 aliphatic rings. The molecule has 1 heterocycles. The van der Waals surface area contributed by atoms with E-state index in [9.17, 15) is 0 Å². The van der Waals surface area contributed by atoms with Crippen molar-refractivity contribution in [3.8, 4) is 0 Å². The molecule has 4 heteroatoms. The molecule has 1 nitrogen and oxygen atoms in total. The molecule has 1 atom stereocenters. The molecule has 108 valence electrons. The minimum Gasteiger partial charge on any atom is -0.306 e. The molecule has 3 aromatic rings. The van der Waals surface area contributed by atoms with Crippen molar-refractivity contribution in [2.75, 3.05) is 6.54 Å². The first-order valence-electron chi connectivity index (χ1n) is 6.85. The molecule has 0 amide bonds. The number of thiophene rings is 1. The Bertz CT molecular complexity index is 746. The Morgan fingerprint density at radius 3 is 2.48 bits per heavy atom. The Morgan fingerprint density at radius 2 is 1.76 bits per heavy atom. The zero-order valence-corrected chi connectivity index (χ0v) is 13.9. The van der Waals surface area contributed by atoms with Crippen LogP contribution in [0, 0.1) is 0 Å². The Morgan fingerprint density at radius 1 is 1.05 bits per heavy atom. The van der Waals surface area contributed by atoms with Gasteiger partial charge in [-0.2, -0.15) is 0 Å². The van der Waals surface area contributed by atoms with E-state index in [0.29, 0.717) is 10.0 Å². The van der Waals surface area contributed by atoms with Crippen molar-refractivity contribution in [2.24, 2.45) is 0 Å². The number of benzene rings is 2. The highest BCUT2D eigenvalue weighted by atomic mass is 35.5. The highest BCUT2D eigenvalue weighted by Crippen LogP contribution is 2.38. The van der Waals surface area contributed by atoms with Crippen molar-refractivity contribution in [3.05, 3.63) is 69.0 Å². The fourth-order valence-electron chi connectivity index (χ4n) is 2.60. The molecule has 0 saturated heterocycles. The summed E-state index contributed by atoms with van der Waals surface area (Å²) in [6.45, 7) is 2.93. The predicted octanol–water partition coefficient (Wildman–Crippen LogP) is 5.91. The maximum atomic E-state index is 6.41. The molecule has 0 spiro atoms. The monoisotopic (exact) mass is 335 g/mol. The first-order chi connectivity index (χ1) is 10.2. The summed E-state index contributed by atoms with van der Waals surface area (Å²) in [5.41, 5.74) is 2.17. The van der Waals surface area contributed by atoms with Gasteiger partial charge in [0.1, 0.15) is 0 Å². The van der Waals surface area contributed by atoms with Crippen molar-refractivity contribution in [1.82, 2.24) is 5.32 Å². The van der Waals surface area contributed by atoms with E-state index < -0.39 is 0 Å². The van der Waals surface area contributed by atoms with Gasteiger partial charge in [0, 0.05) is 20.3 Å². The van der Waals surface area contributed by atoms with Gasteiger partial charge in [0.25, 0.3) is 0 Å². The summed E-state index contributed by atoms with van der Waals surface area (Å²) in [6.07, 6.45) is 0. The van der Waals surface area contributed by atoms with Crippen molar-refractivity contribution in [1.29, 1.82) is 0 Å². The first kappa shape index (κ1) is 14.9. The molecule has 3 rings (SSSR count). The molecule has 0 fully saturated rings. The summed E-state index contributed by atoms with van der Waals surface area (Å²) in [6, 6.07) is 14.2. The van der Waals surface area contributed by atoms with Crippen molar-refractivity contribution in [2.45, 2.75) is 13.0 Å². The summed E-state index contributed by atoms with van der Waals surface area (Å²) in [5, 5.41) is 8.28. The van der Waals surface area contributed by atoms with Crippen molar-refractivity contribution >= 4 is 44.6 Å². The number of rotatable bonds is 4. The van der Waals surface area contributed by atoms with Crippen LogP contribution >= 0.6 is 34.5 Å². The van der Waals surface area contributed by atoms with Gasteiger partial charge in [-0.3, -0.25) is 0 Å². The van der Waals surface area contributed by atoms with Crippen LogP contribution in [0.3, 0.4) is 0 Å². The smallest absolute Gasteiger partial charge is 0.0620 e. The van der Waals surface area contributed by atoms with Gasteiger partial charge >= 0.3 is 0 Å². The molecule has 1 aromatic heterocycles. The summed E-state index contributed by atoms with van der Waals surface area (Å²) in [5.74, 6) is 0. The van der Waals surface area contributed by atoms with Crippen LogP contribution in [0.4, 0.5) is 0 Å². The van der Waals surface area contributed by atoms with Crippen LogP contribution in [0.5, 0.6) is 0 Å². The molecule has 0 bridgehead atoms. The zero-order chi connectivity index (χ0) is 14.8.